The van der Waals surface area contributed by atoms with E-state index in [2.05, 4.69) is 18.8 Å². The van der Waals surface area contributed by atoms with Crippen LogP contribution in [0.25, 0.3) is 0 Å². The molecule has 2 N–H and O–H groups in total. The second-order valence-corrected chi connectivity index (χ2v) is 5.22. The molecule has 5 heteroatoms. The first-order valence-corrected chi connectivity index (χ1v) is 6.45. The van der Waals surface area contributed by atoms with Gasteiger partial charge in [0.15, 0.2) is 5.82 Å². The Morgan fingerprint density at radius 1 is 1.44 bits per heavy atom. The molecule has 0 unspecified atom stereocenters. The van der Waals surface area contributed by atoms with Gasteiger partial charge in [-0.1, -0.05) is 13.8 Å². The van der Waals surface area contributed by atoms with Crippen LogP contribution in [0.2, 0.25) is 0 Å². The second-order valence-electron chi connectivity index (χ2n) is 5.22. The molecule has 1 heterocycles. The molecule has 0 aliphatic heterocycles. The zero-order chi connectivity index (χ0) is 13.8. The Labute approximate surface area is 109 Å². The Balaban J connectivity index is 3.06. The fourth-order valence-electron chi connectivity index (χ4n) is 1.82. The molecule has 18 heavy (non-hydrogen) atoms. The van der Waals surface area contributed by atoms with E-state index >= 15 is 0 Å². The number of aryl methyl sites for hydroxylation is 1. The van der Waals surface area contributed by atoms with Crippen LogP contribution >= 0.6 is 0 Å². The van der Waals surface area contributed by atoms with E-state index < -0.39 is 0 Å². The summed E-state index contributed by atoms with van der Waals surface area (Å²) < 4.78 is 1.67. The van der Waals surface area contributed by atoms with Crippen molar-refractivity contribution in [3.05, 3.63) is 22.7 Å². The topological polar surface area (TPSA) is 64.2 Å². The lowest BCUT2D eigenvalue weighted by molar-refractivity contribution is 0.378. The van der Waals surface area contributed by atoms with Crippen molar-refractivity contribution in [2.24, 2.45) is 11.1 Å². The minimum absolute atomic E-state index is 0.0307. The molecule has 0 bridgehead atoms. The summed E-state index contributed by atoms with van der Waals surface area (Å²) in [4.78, 5) is 18.4. The molecule has 0 aromatic carbocycles. The van der Waals surface area contributed by atoms with Gasteiger partial charge in [0.2, 0.25) is 0 Å². The Hall–Kier alpha value is -1.36. The maximum Gasteiger partial charge on any atom is 0.293 e. The van der Waals surface area contributed by atoms with E-state index in [1.54, 1.807) is 17.0 Å². The summed E-state index contributed by atoms with van der Waals surface area (Å²) in [6.45, 7) is 10.9. The molecule has 102 valence electrons. The Kier molecular flexibility index (Phi) is 4.90. The molecule has 0 atom stereocenters. The molecule has 0 amide bonds. The molecule has 0 aliphatic carbocycles. The van der Waals surface area contributed by atoms with Crippen LogP contribution in [0, 0.1) is 5.41 Å². The van der Waals surface area contributed by atoms with Crippen LogP contribution in [0.1, 0.15) is 27.7 Å². The molecule has 1 aromatic rings. The zero-order valence-electron chi connectivity index (χ0n) is 11.8. The number of nitrogens with two attached hydrogens (primary N) is 1. The number of rotatable bonds is 6. The van der Waals surface area contributed by atoms with Crippen molar-refractivity contribution in [3.8, 4) is 0 Å². The predicted octanol–water partition coefficient (Wildman–Crippen LogP) is 1.07. The summed E-state index contributed by atoms with van der Waals surface area (Å²) in [5, 5.41) is 0. The van der Waals surface area contributed by atoms with Crippen LogP contribution in [-0.2, 0) is 6.54 Å². The van der Waals surface area contributed by atoms with Crippen molar-refractivity contribution in [2.75, 3.05) is 24.5 Å². The van der Waals surface area contributed by atoms with Crippen LogP contribution in [-0.4, -0.2) is 29.2 Å². The minimum Gasteiger partial charge on any atom is -0.352 e. The fraction of sp³-hybridized carbons (Fsp3) is 0.692. The van der Waals surface area contributed by atoms with Gasteiger partial charge in [-0.15, -0.1) is 0 Å². The number of hydrogen-bond donors (Lipinski definition) is 1. The van der Waals surface area contributed by atoms with Gasteiger partial charge < -0.3 is 15.2 Å². The number of anilines is 1. The Morgan fingerprint density at radius 2 is 2.11 bits per heavy atom. The van der Waals surface area contributed by atoms with Gasteiger partial charge >= 0.3 is 0 Å². The molecular formula is C13H24N4O. The van der Waals surface area contributed by atoms with Crippen LogP contribution in [0.15, 0.2) is 17.2 Å². The molecule has 0 radical (unpaired) electrons. The third-order valence-corrected chi connectivity index (χ3v) is 3.09. The summed E-state index contributed by atoms with van der Waals surface area (Å²) in [5.41, 5.74) is 5.69. The normalized spacial score (nSPS) is 11.6. The van der Waals surface area contributed by atoms with Gasteiger partial charge in [-0.25, -0.2) is 4.98 Å². The maximum absolute atomic E-state index is 12.2. The van der Waals surface area contributed by atoms with Gasteiger partial charge in [0.1, 0.15) is 0 Å². The highest BCUT2D eigenvalue weighted by atomic mass is 16.1. The summed E-state index contributed by atoms with van der Waals surface area (Å²) in [5.74, 6) is 0.517. The zero-order valence-corrected chi connectivity index (χ0v) is 11.8. The lowest BCUT2D eigenvalue weighted by Crippen LogP contribution is -2.42. The van der Waals surface area contributed by atoms with Crippen molar-refractivity contribution in [1.29, 1.82) is 0 Å². The first-order chi connectivity index (χ1) is 8.45. The quantitative estimate of drug-likeness (QED) is 0.822. The van der Waals surface area contributed by atoms with Gasteiger partial charge in [-0.05, 0) is 25.8 Å². The lowest BCUT2D eigenvalue weighted by Gasteiger charge is -2.31. The van der Waals surface area contributed by atoms with Crippen LogP contribution in [0.3, 0.4) is 0 Å². The highest BCUT2D eigenvalue weighted by molar-refractivity contribution is 5.35. The van der Waals surface area contributed by atoms with Crippen molar-refractivity contribution in [3.63, 3.8) is 0 Å². The van der Waals surface area contributed by atoms with Gasteiger partial charge in [-0.2, -0.15) is 0 Å². The molecule has 0 saturated heterocycles. The summed E-state index contributed by atoms with van der Waals surface area (Å²) in [6.07, 6.45) is 3.39. The molecular weight excluding hydrogens is 228 g/mol. The second kappa shape index (κ2) is 6.00. The van der Waals surface area contributed by atoms with E-state index in [9.17, 15) is 4.79 Å². The van der Waals surface area contributed by atoms with Gasteiger partial charge in [0.25, 0.3) is 5.56 Å². The molecule has 0 fully saturated rings. The lowest BCUT2D eigenvalue weighted by atomic mass is 9.93. The maximum atomic E-state index is 12.2. The van der Waals surface area contributed by atoms with Crippen molar-refractivity contribution in [2.45, 2.75) is 34.2 Å². The van der Waals surface area contributed by atoms with E-state index in [1.165, 1.54) is 0 Å². The smallest absolute Gasteiger partial charge is 0.293 e. The fourth-order valence-corrected chi connectivity index (χ4v) is 1.82. The summed E-state index contributed by atoms with van der Waals surface area (Å²) in [6, 6.07) is 0. The van der Waals surface area contributed by atoms with Crippen LogP contribution < -0.4 is 16.2 Å². The highest BCUT2D eigenvalue weighted by Gasteiger charge is 2.22. The number of nitrogens with zero attached hydrogens (tertiary/aromatic N) is 3. The molecule has 1 aromatic heterocycles. The molecule has 1 rings (SSSR count). The van der Waals surface area contributed by atoms with E-state index in [0.29, 0.717) is 18.9 Å². The van der Waals surface area contributed by atoms with Crippen molar-refractivity contribution >= 4 is 5.82 Å². The van der Waals surface area contributed by atoms with Crippen LogP contribution in [0.5, 0.6) is 0 Å². The molecule has 5 nitrogen and oxygen atoms in total. The third-order valence-electron chi connectivity index (χ3n) is 3.09. The van der Waals surface area contributed by atoms with E-state index in [4.69, 9.17) is 5.73 Å². The number of aromatic nitrogens is 2. The average Bonchev–Trinajstić information content (AvgIpc) is 2.36. The standard InChI is InChI=1S/C13H24N4O/c1-5-16-8-7-15-11(12(16)18)17(6-2)10-13(3,4)9-14/h7-8H,5-6,9-10,14H2,1-4H3. The van der Waals surface area contributed by atoms with Gasteiger partial charge in [0, 0.05) is 32.0 Å². The monoisotopic (exact) mass is 252 g/mol. The van der Waals surface area contributed by atoms with Gasteiger partial charge in [-0.3, -0.25) is 4.79 Å². The molecule has 0 saturated carbocycles. The summed E-state index contributed by atoms with van der Waals surface area (Å²) >= 11 is 0. The minimum atomic E-state index is -0.0327. The third kappa shape index (κ3) is 3.32. The van der Waals surface area contributed by atoms with E-state index in [1.807, 2.05) is 18.7 Å². The SMILES string of the molecule is CCN(CC(C)(C)CN)c1nccn(CC)c1=O. The molecule has 0 spiro atoms. The van der Waals surface area contributed by atoms with Crippen molar-refractivity contribution in [1.82, 2.24) is 9.55 Å². The average molecular weight is 252 g/mol. The Bertz CT molecular complexity index is 439. The number of hydrogen-bond acceptors (Lipinski definition) is 4. The first kappa shape index (κ1) is 14.7. The van der Waals surface area contributed by atoms with Gasteiger partial charge in [0.05, 0.1) is 0 Å². The highest BCUT2D eigenvalue weighted by Crippen LogP contribution is 2.17. The largest absolute Gasteiger partial charge is 0.352 e. The predicted molar refractivity (Wildman–Crippen MR) is 74.9 cm³/mol. The Morgan fingerprint density at radius 3 is 2.61 bits per heavy atom. The van der Waals surface area contributed by atoms with Crippen molar-refractivity contribution < 1.29 is 0 Å². The van der Waals surface area contributed by atoms with Crippen LogP contribution in [0.4, 0.5) is 5.82 Å². The first-order valence-electron chi connectivity index (χ1n) is 6.45. The van der Waals surface area contributed by atoms with E-state index in [-0.39, 0.29) is 11.0 Å². The van der Waals surface area contributed by atoms with E-state index in [0.717, 1.165) is 13.1 Å². The summed E-state index contributed by atoms with van der Waals surface area (Å²) in [7, 11) is 0. The molecule has 0 aliphatic rings.